The molecular weight excluding hydrogens is 346 g/mol. The largest absolute Gasteiger partial charge is 0.465 e. The maximum Gasteiger partial charge on any atom is 0.152 e. The first kappa shape index (κ1) is 16.2. The summed E-state index contributed by atoms with van der Waals surface area (Å²) in [6, 6.07) is 21.4. The second-order valence-electron chi connectivity index (χ2n) is 5.82. The minimum Gasteiger partial charge on any atom is -0.465 e. The summed E-state index contributed by atoms with van der Waals surface area (Å²) in [5.41, 5.74) is 3.34. The first-order valence-corrected chi connectivity index (χ1v) is 8.48. The minimum atomic E-state index is 0.449. The van der Waals surface area contributed by atoms with E-state index in [1.807, 2.05) is 59.2 Å². The summed E-state index contributed by atoms with van der Waals surface area (Å²) >= 11 is 5.99. The number of hydrogen-bond acceptors (Lipinski definition) is 3. The van der Waals surface area contributed by atoms with Crippen molar-refractivity contribution < 1.29 is 4.42 Å². The molecule has 0 N–H and O–H groups in total. The van der Waals surface area contributed by atoms with Gasteiger partial charge in [-0.3, -0.25) is 0 Å². The predicted molar refractivity (Wildman–Crippen MR) is 102 cm³/mol. The SMILES string of the molecule is N#C/C(=C\c1ccco1)c1nc2ccccc2n1Cc1ccc(Cl)cc1. The van der Waals surface area contributed by atoms with Gasteiger partial charge in [0, 0.05) is 17.6 Å². The Morgan fingerprint density at radius 3 is 2.65 bits per heavy atom. The molecule has 4 nitrogen and oxygen atoms in total. The molecule has 0 radical (unpaired) electrons. The van der Waals surface area contributed by atoms with Crippen LogP contribution in [0.4, 0.5) is 0 Å². The van der Waals surface area contributed by atoms with Crippen LogP contribution in [0.1, 0.15) is 17.1 Å². The summed E-state index contributed by atoms with van der Waals surface area (Å²) < 4.78 is 7.39. The summed E-state index contributed by atoms with van der Waals surface area (Å²) in [5, 5.41) is 10.4. The first-order chi connectivity index (χ1) is 12.7. The third-order valence-electron chi connectivity index (χ3n) is 4.10. The van der Waals surface area contributed by atoms with Crippen LogP contribution in [0.2, 0.25) is 5.02 Å². The van der Waals surface area contributed by atoms with E-state index in [1.54, 1.807) is 18.4 Å². The Morgan fingerprint density at radius 2 is 1.92 bits per heavy atom. The van der Waals surface area contributed by atoms with E-state index in [4.69, 9.17) is 16.0 Å². The van der Waals surface area contributed by atoms with Crippen LogP contribution < -0.4 is 0 Å². The van der Waals surface area contributed by atoms with Crippen molar-refractivity contribution in [2.75, 3.05) is 0 Å². The second-order valence-corrected chi connectivity index (χ2v) is 6.26. The lowest BCUT2D eigenvalue weighted by atomic mass is 10.2. The quantitative estimate of drug-likeness (QED) is 0.459. The van der Waals surface area contributed by atoms with E-state index in [1.165, 1.54) is 0 Å². The zero-order valence-corrected chi connectivity index (χ0v) is 14.5. The van der Waals surface area contributed by atoms with Crippen LogP contribution in [-0.2, 0) is 6.54 Å². The molecule has 0 amide bonds. The highest BCUT2D eigenvalue weighted by Crippen LogP contribution is 2.25. The van der Waals surface area contributed by atoms with Gasteiger partial charge in [-0.05, 0) is 42.0 Å². The molecule has 0 spiro atoms. The topological polar surface area (TPSA) is 54.8 Å². The second kappa shape index (κ2) is 6.91. The number of rotatable bonds is 4. The Labute approximate surface area is 155 Å². The van der Waals surface area contributed by atoms with Gasteiger partial charge in [0.2, 0.25) is 0 Å². The van der Waals surface area contributed by atoms with Crippen molar-refractivity contribution in [1.82, 2.24) is 9.55 Å². The van der Waals surface area contributed by atoms with Gasteiger partial charge in [0.05, 0.1) is 22.9 Å². The maximum absolute atomic E-state index is 9.70. The molecule has 0 bridgehead atoms. The summed E-state index contributed by atoms with van der Waals surface area (Å²) in [5.74, 6) is 1.23. The monoisotopic (exact) mass is 359 g/mol. The van der Waals surface area contributed by atoms with Gasteiger partial charge in [-0.15, -0.1) is 0 Å². The van der Waals surface area contributed by atoms with Crippen LogP contribution in [-0.4, -0.2) is 9.55 Å². The van der Waals surface area contributed by atoms with E-state index in [-0.39, 0.29) is 0 Å². The van der Waals surface area contributed by atoms with Gasteiger partial charge >= 0.3 is 0 Å². The molecule has 26 heavy (non-hydrogen) atoms. The van der Waals surface area contributed by atoms with Crippen LogP contribution in [0.3, 0.4) is 0 Å². The van der Waals surface area contributed by atoms with Crippen LogP contribution in [0, 0.1) is 11.3 Å². The number of fused-ring (bicyclic) bond motifs is 1. The number of aromatic nitrogens is 2. The third kappa shape index (κ3) is 3.13. The van der Waals surface area contributed by atoms with Crippen molar-refractivity contribution in [1.29, 1.82) is 5.26 Å². The fourth-order valence-electron chi connectivity index (χ4n) is 2.88. The number of furan rings is 1. The summed E-state index contributed by atoms with van der Waals surface area (Å²) in [6.07, 6.45) is 3.29. The van der Waals surface area contributed by atoms with Crippen LogP contribution in [0.5, 0.6) is 0 Å². The molecule has 0 atom stereocenters. The normalized spacial score (nSPS) is 11.6. The molecule has 0 saturated carbocycles. The van der Waals surface area contributed by atoms with E-state index < -0.39 is 0 Å². The highest BCUT2D eigenvalue weighted by molar-refractivity contribution is 6.30. The maximum atomic E-state index is 9.70. The van der Waals surface area contributed by atoms with Gasteiger partial charge in [-0.1, -0.05) is 35.9 Å². The van der Waals surface area contributed by atoms with Crippen molar-refractivity contribution in [3.63, 3.8) is 0 Å². The van der Waals surface area contributed by atoms with Crippen LogP contribution >= 0.6 is 11.6 Å². The molecule has 2 heterocycles. The van der Waals surface area contributed by atoms with Crippen LogP contribution in [0.15, 0.2) is 71.3 Å². The van der Waals surface area contributed by atoms with Gasteiger partial charge < -0.3 is 8.98 Å². The Hall–Kier alpha value is -3.29. The summed E-state index contributed by atoms with van der Waals surface area (Å²) in [4.78, 5) is 4.68. The summed E-state index contributed by atoms with van der Waals surface area (Å²) in [7, 11) is 0. The Balaban J connectivity index is 1.86. The summed E-state index contributed by atoms with van der Waals surface area (Å²) in [6.45, 7) is 0.587. The highest BCUT2D eigenvalue weighted by Gasteiger charge is 2.15. The molecule has 0 saturated heterocycles. The Bertz CT molecular complexity index is 1120. The minimum absolute atomic E-state index is 0.449. The van der Waals surface area contributed by atoms with Crippen molar-refractivity contribution in [3.05, 3.63) is 89.1 Å². The number of imidazole rings is 1. The van der Waals surface area contributed by atoms with Gasteiger partial charge in [0.1, 0.15) is 11.8 Å². The van der Waals surface area contributed by atoms with Gasteiger partial charge in [0.15, 0.2) is 5.82 Å². The molecule has 0 aliphatic carbocycles. The van der Waals surface area contributed by atoms with Crippen molar-refractivity contribution in [3.8, 4) is 6.07 Å². The molecule has 5 heteroatoms. The highest BCUT2D eigenvalue weighted by atomic mass is 35.5. The number of para-hydroxylation sites is 2. The lowest BCUT2D eigenvalue weighted by Gasteiger charge is -2.09. The van der Waals surface area contributed by atoms with Crippen LogP contribution in [0.25, 0.3) is 22.7 Å². The molecule has 126 valence electrons. The third-order valence-corrected chi connectivity index (χ3v) is 4.35. The fraction of sp³-hybridized carbons (Fsp3) is 0.0476. The van der Waals surface area contributed by atoms with Gasteiger partial charge in [-0.2, -0.15) is 5.26 Å². The molecule has 2 aromatic heterocycles. The zero-order valence-electron chi connectivity index (χ0n) is 13.8. The molecule has 2 aromatic carbocycles. The number of hydrogen-bond donors (Lipinski definition) is 0. The molecule has 0 aliphatic heterocycles. The van der Waals surface area contributed by atoms with E-state index >= 15 is 0 Å². The molecule has 0 fully saturated rings. The van der Waals surface area contributed by atoms with E-state index in [0.29, 0.717) is 28.7 Å². The molecular formula is C21H14ClN3O. The number of nitriles is 1. The van der Waals surface area contributed by atoms with E-state index in [2.05, 4.69) is 11.1 Å². The standard InChI is InChI=1S/C21H14ClN3O/c22-17-9-7-15(8-10-17)14-25-20-6-2-1-5-19(20)24-21(25)16(13-23)12-18-4-3-11-26-18/h1-12H,14H2/b16-12+. The number of benzene rings is 2. The van der Waals surface area contributed by atoms with E-state index in [9.17, 15) is 5.26 Å². The predicted octanol–water partition coefficient (Wildman–Crippen LogP) is 5.40. The molecule has 4 rings (SSSR count). The van der Waals surface area contributed by atoms with E-state index in [0.717, 1.165) is 16.6 Å². The number of allylic oxidation sites excluding steroid dienone is 1. The average molecular weight is 360 g/mol. The zero-order chi connectivity index (χ0) is 17.9. The molecule has 0 aliphatic rings. The lowest BCUT2D eigenvalue weighted by molar-refractivity contribution is 0.557. The molecule has 4 aromatic rings. The Morgan fingerprint density at radius 1 is 1.12 bits per heavy atom. The number of nitrogens with zero attached hydrogens (tertiary/aromatic N) is 3. The average Bonchev–Trinajstić information content (AvgIpc) is 3.30. The first-order valence-electron chi connectivity index (χ1n) is 8.10. The van der Waals surface area contributed by atoms with Crippen molar-refractivity contribution in [2.45, 2.75) is 6.54 Å². The van der Waals surface area contributed by atoms with Crippen molar-refractivity contribution >= 4 is 34.3 Å². The van der Waals surface area contributed by atoms with Gasteiger partial charge in [0.25, 0.3) is 0 Å². The fourth-order valence-corrected chi connectivity index (χ4v) is 3.00. The lowest BCUT2D eigenvalue weighted by Crippen LogP contribution is -2.04. The Kier molecular flexibility index (Phi) is 4.30. The number of halogens is 1. The van der Waals surface area contributed by atoms with Gasteiger partial charge in [-0.25, -0.2) is 4.98 Å². The smallest absolute Gasteiger partial charge is 0.152 e. The van der Waals surface area contributed by atoms with Crippen molar-refractivity contribution in [2.24, 2.45) is 0 Å². The molecule has 0 unspecified atom stereocenters.